The smallest absolute Gasteiger partial charge is 0.407 e. The van der Waals surface area contributed by atoms with Crippen molar-refractivity contribution in [2.24, 2.45) is 0 Å². The van der Waals surface area contributed by atoms with Crippen LogP contribution in [-0.4, -0.2) is 30.7 Å². The molecule has 3 rings (SSSR count). The number of amides is 2. The van der Waals surface area contributed by atoms with Crippen LogP contribution in [0.1, 0.15) is 42.3 Å². The molecule has 148 valence electrons. The zero-order valence-electron chi connectivity index (χ0n) is 16.4. The summed E-state index contributed by atoms with van der Waals surface area (Å²) < 4.78 is 6.26. The average molecular weight is 445 g/mol. The Morgan fingerprint density at radius 2 is 1.96 bits per heavy atom. The summed E-state index contributed by atoms with van der Waals surface area (Å²) in [6.07, 6.45) is 1.06. The number of carbonyl (C=O) groups is 2. The Bertz CT molecular complexity index is 890. The Kier molecular flexibility index (Phi) is 6.08. The van der Waals surface area contributed by atoms with Crippen LogP contribution in [0.2, 0.25) is 0 Å². The lowest BCUT2D eigenvalue weighted by molar-refractivity contribution is 0.0528. The van der Waals surface area contributed by atoms with Gasteiger partial charge >= 0.3 is 6.09 Å². The van der Waals surface area contributed by atoms with Crippen molar-refractivity contribution >= 4 is 33.6 Å². The molecule has 1 aliphatic heterocycles. The topological polar surface area (TPSA) is 58.6 Å². The number of rotatable bonds is 4. The van der Waals surface area contributed by atoms with E-state index in [1.165, 1.54) is 5.56 Å². The number of carbonyl (C=O) groups excluding carboxylic acids is 2. The lowest BCUT2D eigenvalue weighted by Crippen LogP contribution is -2.33. The normalized spacial score (nSPS) is 13.2. The highest BCUT2D eigenvalue weighted by molar-refractivity contribution is 9.10. The molecule has 0 bridgehead atoms. The highest BCUT2D eigenvalue weighted by atomic mass is 79.9. The van der Waals surface area contributed by atoms with E-state index in [1.807, 2.05) is 62.1 Å². The quantitative estimate of drug-likeness (QED) is 0.741. The molecule has 6 heteroatoms. The second kappa shape index (κ2) is 8.35. The summed E-state index contributed by atoms with van der Waals surface area (Å²) in [6, 6.07) is 13.6. The number of anilines is 1. The van der Waals surface area contributed by atoms with Gasteiger partial charge < -0.3 is 15.0 Å². The minimum Gasteiger partial charge on any atom is -0.444 e. The molecule has 0 saturated heterocycles. The molecule has 0 radical (unpaired) electrons. The van der Waals surface area contributed by atoms with Crippen molar-refractivity contribution in [3.05, 3.63) is 63.6 Å². The highest BCUT2D eigenvalue weighted by Gasteiger charge is 2.25. The van der Waals surface area contributed by atoms with E-state index in [0.29, 0.717) is 25.1 Å². The van der Waals surface area contributed by atoms with Crippen molar-refractivity contribution in [1.29, 1.82) is 0 Å². The average Bonchev–Trinajstić information content (AvgIpc) is 3.02. The first kappa shape index (κ1) is 20.4. The van der Waals surface area contributed by atoms with Gasteiger partial charge in [-0.2, -0.15) is 0 Å². The molecule has 0 aromatic heterocycles. The Hall–Kier alpha value is -2.34. The van der Waals surface area contributed by atoms with E-state index in [0.717, 1.165) is 22.1 Å². The molecule has 0 aliphatic carbocycles. The number of nitrogens with one attached hydrogen (secondary N) is 1. The summed E-state index contributed by atoms with van der Waals surface area (Å²) in [7, 11) is 0. The van der Waals surface area contributed by atoms with Crippen molar-refractivity contribution in [3.8, 4) is 0 Å². The van der Waals surface area contributed by atoms with E-state index in [4.69, 9.17) is 4.74 Å². The molecule has 28 heavy (non-hydrogen) atoms. The molecule has 1 N–H and O–H groups in total. The van der Waals surface area contributed by atoms with Crippen molar-refractivity contribution < 1.29 is 14.3 Å². The molecule has 2 aromatic carbocycles. The van der Waals surface area contributed by atoms with Gasteiger partial charge in [-0.3, -0.25) is 4.79 Å². The van der Waals surface area contributed by atoms with Crippen LogP contribution in [-0.2, 0) is 17.6 Å². The third-order valence-electron chi connectivity index (χ3n) is 4.44. The minimum atomic E-state index is -0.516. The van der Waals surface area contributed by atoms with Crippen molar-refractivity contribution in [2.75, 3.05) is 18.0 Å². The fraction of sp³-hybridized carbons (Fsp3) is 0.364. The molecule has 0 unspecified atom stereocenters. The Labute approximate surface area is 174 Å². The third kappa shape index (κ3) is 5.13. The first-order valence-electron chi connectivity index (χ1n) is 9.39. The maximum Gasteiger partial charge on any atom is 0.407 e. The molecule has 0 spiro atoms. The molecular weight excluding hydrogens is 420 g/mol. The summed E-state index contributed by atoms with van der Waals surface area (Å²) in [6.45, 7) is 6.63. The van der Waals surface area contributed by atoms with E-state index in [-0.39, 0.29) is 5.91 Å². The summed E-state index contributed by atoms with van der Waals surface area (Å²) in [5.41, 5.74) is 3.30. The van der Waals surface area contributed by atoms with Gasteiger partial charge in [0.05, 0.1) is 0 Å². The van der Waals surface area contributed by atoms with E-state index < -0.39 is 11.7 Å². The zero-order chi connectivity index (χ0) is 20.3. The van der Waals surface area contributed by atoms with Crippen LogP contribution in [0.3, 0.4) is 0 Å². The number of ether oxygens (including phenoxy) is 1. The lowest BCUT2D eigenvalue weighted by Gasteiger charge is -2.20. The molecular formula is C22H25BrN2O3. The second-order valence-electron chi connectivity index (χ2n) is 7.86. The maximum absolute atomic E-state index is 13.0. The summed E-state index contributed by atoms with van der Waals surface area (Å²) in [5.74, 6) is 0.00280. The first-order chi connectivity index (χ1) is 13.2. The Morgan fingerprint density at radius 3 is 2.71 bits per heavy atom. The summed E-state index contributed by atoms with van der Waals surface area (Å²) in [5, 5.41) is 2.75. The predicted octanol–water partition coefficient (Wildman–Crippen LogP) is 4.72. The number of nitrogens with zero attached hydrogens (tertiary/aromatic N) is 1. The van der Waals surface area contributed by atoms with Crippen LogP contribution in [0.25, 0.3) is 0 Å². The van der Waals surface area contributed by atoms with Gasteiger partial charge in [0, 0.05) is 28.8 Å². The minimum absolute atomic E-state index is 0.00280. The monoisotopic (exact) mass is 444 g/mol. The molecule has 1 heterocycles. The van der Waals surface area contributed by atoms with Gasteiger partial charge in [-0.05, 0) is 75.1 Å². The maximum atomic E-state index is 13.0. The van der Waals surface area contributed by atoms with Gasteiger partial charge in [0.2, 0.25) is 0 Å². The van der Waals surface area contributed by atoms with Crippen LogP contribution in [0.15, 0.2) is 46.9 Å². The van der Waals surface area contributed by atoms with E-state index in [2.05, 4.69) is 27.3 Å². The third-order valence-corrected chi connectivity index (χ3v) is 4.93. The summed E-state index contributed by atoms with van der Waals surface area (Å²) >= 11 is 3.48. The molecule has 2 amide bonds. The number of halogens is 1. The fourth-order valence-corrected chi connectivity index (χ4v) is 3.63. The van der Waals surface area contributed by atoms with Crippen LogP contribution in [0.4, 0.5) is 10.5 Å². The van der Waals surface area contributed by atoms with Crippen LogP contribution in [0, 0.1) is 0 Å². The van der Waals surface area contributed by atoms with Crippen molar-refractivity contribution in [2.45, 2.75) is 39.2 Å². The standard InChI is InChI=1S/C22H25BrN2O3/c1-22(2,3)28-21(27)24-11-9-15-5-4-6-17(13-15)20(26)25-12-10-16-14-18(23)7-8-19(16)25/h4-8,13-14H,9-12H2,1-3H3,(H,24,27). The van der Waals surface area contributed by atoms with Crippen LogP contribution in [0.5, 0.6) is 0 Å². The van der Waals surface area contributed by atoms with Crippen molar-refractivity contribution in [1.82, 2.24) is 5.32 Å². The number of fused-ring (bicyclic) bond motifs is 1. The van der Waals surface area contributed by atoms with Crippen LogP contribution >= 0.6 is 15.9 Å². The van der Waals surface area contributed by atoms with Gasteiger partial charge in [0.15, 0.2) is 0 Å². The van der Waals surface area contributed by atoms with Gasteiger partial charge in [-0.25, -0.2) is 4.79 Å². The molecule has 0 atom stereocenters. The van der Waals surface area contributed by atoms with Crippen LogP contribution < -0.4 is 10.2 Å². The van der Waals surface area contributed by atoms with E-state index in [9.17, 15) is 9.59 Å². The van der Waals surface area contributed by atoms with Gasteiger partial charge in [0.1, 0.15) is 5.60 Å². The predicted molar refractivity (Wildman–Crippen MR) is 114 cm³/mol. The van der Waals surface area contributed by atoms with Gasteiger partial charge in [-0.1, -0.05) is 28.1 Å². The highest BCUT2D eigenvalue weighted by Crippen LogP contribution is 2.31. The second-order valence-corrected chi connectivity index (χ2v) is 8.77. The molecule has 5 nitrogen and oxygen atoms in total. The first-order valence-corrected chi connectivity index (χ1v) is 10.2. The number of alkyl carbamates (subject to hydrolysis) is 1. The van der Waals surface area contributed by atoms with Gasteiger partial charge in [-0.15, -0.1) is 0 Å². The number of benzene rings is 2. The largest absolute Gasteiger partial charge is 0.444 e. The zero-order valence-corrected chi connectivity index (χ0v) is 18.0. The van der Waals surface area contributed by atoms with E-state index in [1.54, 1.807) is 0 Å². The molecule has 0 saturated carbocycles. The SMILES string of the molecule is CC(C)(C)OC(=O)NCCc1cccc(C(=O)N2CCc3cc(Br)ccc32)c1. The van der Waals surface area contributed by atoms with Crippen molar-refractivity contribution in [3.63, 3.8) is 0 Å². The number of hydrogen-bond donors (Lipinski definition) is 1. The molecule has 0 fully saturated rings. The number of hydrogen-bond acceptors (Lipinski definition) is 3. The molecule has 2 aromatic rings. The molecule has 1 aliphatic rings. The fourth-order valence-electron chi connectivity index (χ4n) is 3.22. The Balaban J connectivity index is 1.62. The lowest BCUT2D eigenvalue weighted by atomic mass is 10.1. The summed E-state index contributed by atoms with van der Waals surface area (Å²) in [4.78, 5) is 26.6. The van der Waals surface area contributed by atoms with Gasteiger partial charge in [0.25, 0.3) is 5.91 Å². The Morgan fingerprint density at radius 1 is 1.18 bits per heavy atom. The van der Waals surface area contributed by atoms with E-state index >= 15 is 0 Å².